The van der Waals surface area contributed by atoms with Crippen molar-refractivity contribution in [2.75, 3.05) is 13.1 Å². The van der Waals surface area contributed by atoms with Crippen LogP contribution >= 0.6 is 23.2 Å². The highest BCUT2D eigenvalue weighted by Crippen LogP contribution is 2.21. The molecule has 0 saturated heterocycles. The van der Waals surface area contributed by atoms with E-state index in [-0.39, 0.29) is 15.1 Å². The SMILES string of the molecule is O=C(O)CN(CC(F)(F)F)C(=O)c1nc(Cl)ccc1Cl. The average Bonchev–Trinajstić information content (AvgIpc) is 2.28. The number of rotatable bonds is 4. The molecule has 0 fully saturated rings. The average molecular weight is 331 g/mol. The van der Waals surface area contributed by atoms with Crippen molar-refractivity contribution in [2.45, 2.75) is 6.18 Å². The molecule has 0 aliphatic rings. The molecule has 110 valence electrons. The van der Waals surface area contributed by atoms with Gasteiger partial charge in [0.2, 0.25) is 0 Å². The van der Waals surface area contributed by atoms with E-state index in [0.717, 1.165) is 0 Å². The van der Waals surface area contributed by atoms with Gasteiger partial charge < -0.3 is 10.0 Å². The Labute approximate surface area is 120 Å². The van der Waals surface area contributed by atoms with Crippen LogP contribution in [0.1, 0.15) is 10.5 Å². The van der Waals surface area contributed by atoms with Crippen molar-refractivity contribution in [1.29, 1.82) is 0 Å². The van der Waals surface area contributed by atoms with E-state index in [1.54, 1.807) is 0 Å². The maximum Gasteiger partial charge on any atom is 0.406 e. The van der Waals surface area contributed by atoms with Gasteiger partial charge in [-0.3, -0.25) is 9.59 Å². The quantitative estimate of drug-likeness (QED) is 0.861. The third-order valence-corrected chi connectivity index (χ3v) is 2.51. The van der Waals surface area contributed by atoms with Gasteiger partial charge in [0.15, 0.2) is 0 Å². The second kappa shape index (κ2) is 6.27. The second-order valence-electron chi connectivity index (χ2n) is 3.63. The van der Waals surface area contributed by atoms with Crippen molar-refractivity contribution >= 4 is 35.1 Å². The molecule has 0 atom stereocenters. The Morgan fingerprint density at radius 3 is 2.40 bits per heavy atom. The number of carboxylic acids is 1. The van der Waals surface area contributed by atoms with Gasteiger partial charge in [-0.05, 0) is 12.1 Å². The zero-order chi connectivity index (χ0) is 15.5. The molecule has 5 nitrogen and oxygen atoms in total. The Bertz CT molecular complexity index is 537. The van der Waals surface area contributed by atoms with Crippen molar-refractivity contribution in [3.63, 3.8) is 0 Å². The van der Waals surface area contributed by atoms with Crippen molar-refractivity contribution in [1.82, 2.24) is 9.88 Å². The Morgan fingerprint density at radius 1 is 1.30 bits per heavy atom. The summed E-state index contributed by atoms with van der Waals surface area (Å²) in [6, 6.07) is 2.42. The van der Waals surface area contributed by atoms with Gasteiger partial charge in [-0.25, -0.2) is 4.98 Å². The zero-order valence-electron chi connectivity index (χ0n) is 9.62. The number of halogens is 5. The molecule has 0 aromatic carbocycles. The van der Waals surface area contributed by atoms with E-state index in [4.69, 9.17) is 28.3 Å². The predicted octanol–water partition coefficient (Wildman–Crippen LogP) is 2.48. The Balaban J connectivity index is 3.09. The zero-order valence-corrected chi connectivity index (χ0v) is 11.1. The minimum Gasteiger partial charge on any atom is -0.480 e. The molecule has 0 saturated carbocycles. The van der Waals surface area contributed by atoms with Crippen LogP contribution in [0.4, 0.5) is 13.2 Å². The fraction of sp³-hybridized carbons (Fsp3) is 0.300. The number of hydrogen-bond acceptors (Lipinski definition) is 3. The molecule has 1 aromatic heterocycles. The summed E-state index contributed by atoms with van der Waals surface area (Å²) in [5, 5.41) is 8.18. The summed E-state index contributed by atoms with van der Waals surface area (Å²) in [5.41, 5.74) is -0.537. The van der Waals surface area contributed by atoms with Crippen molar-refractivity contribution in [3.05, 3.63) is 28.0 Å². The van der Waals surface area contributed by atoms with Crippen LogP contribution in [0.15, 0.2) is 12.1 Å². The topological polar surface area (TPSA) is 70.5 Å². The third kappa shape index (κ3) is 4.86. The molecular weight excluding hydrogens is 324 g/mol. The number of carbonyl (C=O) groups excluding carboxylic acids is 1. The van der Waals surface area contributed by atoms with Crippen LogP contribution in [0.2, 0.25) is 10.2 Å². The molecule has 1 aromatic rings. The van der Waals surface area contributed by atoms with Crippen LogP contribution in [-0.4, -0.2) is 46.1 Å². The lowest BCUT2D eigenvalue weighted by molar-refractivity contribution is -0.149. The maximum absolute atomic E-state index is 12.3. The van der Waals surface area contributed by atoms with Crippen molar-refractivity contribution < 1.29 is 27.9 Å². The lowest BCUT2D eigenvalue weighted by Gasteiger charge is -2.22. The highest BCUT2D eigenvalue weighted by atomic mass is 35.5. The summed E-state index contributed by atoms with van der Waals surface area (Å²) in [5.74, 6) is -2.86. The summed E-state index contributed by atoms with van der Waals surface area (Å²) in [6.07, 6.45) is -4.75. The molecule has 0 aliphatic heterocycles. The van der Waals surface area contributed by atoms with E-state index >= 15 is 0 Å². The van der Waals surface area contributed by atoms with Gasteiger partial charge in [-0.2, -0.15) is 13.2 Å². The fourth-order valence-electron chi connectivity index (χ4n) is 1.30. The van der Waals surface area contributed by atoms with Crippen LogP contribution in [0.3, 0.4) is 0 Å². The fourth-order valence-corrected chi connectivity index (χ4v) is 1.63. The molecule has 1 N–H and O–H groups in total. The minimum atomic E-state index is -4.75. The van der Waals surface area contributed by atoms with E-state index in [0.29, 0.717) is 0 Å². The van der Waals surface area contributed by atoms with Crippen LogP contribution < -0.4 is 0 Å². The van der Waals surface area contributed by atoms with E-state index in [2.05, 4.69) is 4.98 Å². The number of aromatic nitrogens is 1. The van der Waals surface area contributed by atoms with E-state index in [1.165, 1.54) is 12.1 Å². The van der Waals surface area contributed by atoms with Crippen molar-refractivity contribution in [2.24, 2.45) is 0 Å². The molecule has 0 aliphatic carbocycles. The first kappa shape index (κ1) is 16.5. The van der Waals surface area contributed by atoms with Gasteiger partial charge in [0, 0.05) is 0 Å². The number of nitrogens with zero attached hydrogens (tertiary/aromatic N) is 2. The summed E-state index contributed by atoms with van der Waals surface area (Å²) in [6.45, 7) is -2.87. The maximum atomic E-state index is 12.3. The first-order valence-electron chi connectivity index (χ1n) is 5.00. The lowest BCUT2D eigenvalue weighted by atomic mass is 10.3. The number of alkyl halides is 3. The number of aliphatic carboxylic acids is 1. The smallest absolute Gasteiger partial charge is 0.406 e. The molecule has 0 bridgehead atoms. The van der Waals surface area contributed by atoms with Crippen molar-refractivity contribution in [3.8, 4) is 0 Å². The molecule has 20 heavy (non-hydrogen) atoms. The second-order valence-corrected chi connectivity index (χ2v) is 4.43. The van der Waals surface area contributed by atoms with E-state index in [1.807, 2.05) is 0 Å². The molecule has 0 spiro atoms. The number of amides is 1. The summed E-state index contributed by atoms with van der Waals surface area (Å²) in [7, 11) is 0. The number of hydrogen-bond donors (Lipinski definition) is 1. The minimum absolute atomic E-state index is 0.0763. The van der Waals surface area contributed by atoms with Gasteiger partial charge in [-0.1, -0.05) is 23.2 Å². The third-order valence-electron chi connectivity index (χ3n) is 2.00. The molecule has 1 rings (SSSR count). The highest BCUT2D eigenvalue weighted by molar-refractivity contribution is 6.34. The first-order valence-corrected chi connectivity index (χ1v) is 5.75. The van der Waals surface area contributed by atoms with Gasteiger partial charge in [0.1, 0.15) is 23.9 Å². The van der Waals surface area contributed by atoms with Crippen LogP contribution in [0.25, 0.3) is 0 Å². The molecule has 1 amide bonds. The molecule has 0 unspecified atom stereocenters. The van der Waals surface area contributed by atoms with Gasteiger partial charge >= 0.3 is 12.1 Å². The van der Waals surface area contributed by atoms with Crippen LogP contribution in [0.5, 0.6) is 0 Å². The highest BCUT2D eigenvalue weighted by Gasteiger charge is 2.35. The number of carboxylic acid groups (broad SMARTS) is 1. The first-order chi connectivity index (χ1) is 9.10. The van der Waals surface area contributed by atoms with Crippen LogP contribution in [0, 0.1) is 0 Å². The van der Waals surface area contributed by atoms with E-state index < -0.39 is 36.8 Å². The number of pyridine rings is 1. The van der Waals surface area contributed by atoms with Gasteiger partial charge in [0.25, 0.3) is 5.91 Å². The number of carbonyl (C=O) groups is 2. The molecule has 0 radical (unpaired) electrons. The molecule has 1 heterocycles. The summed E-state index contributed by atoms with van der Waals surface area (Å²) in [4.78, 5) is 26.0. The molecular formula is C10H7Cl2F3N2O3. The standard InChI is InChI=1S/C10H7Cl2F3N2O3/c11-5-1-2-6(12)16-8(5)9(20)17(3-7(18)19)4-10(13,14)15/h1-2H,3-4H2,(H,18,19). The molecule has 10 heteroatoms. The van der Waals surface area contributed by atoms with Gasteiger partial charge in [0.05, 0.1) is 5.02 Å². The van der Waals surface area contributed by atoms with Gasteiger partial charge in [-0.15, -0.1) is 0 Å². The Hall–Kier alpha value is -1.54. The van der Waals surface area contributed by atoms with Crippen LogP contribution in [-0.2, 0) is 4.79 Å². The Kier molecular flexibility index (Phi) is 5.18. The summed E-state index contributed by atoms with van der Waals surface area (Å²) < 4.78 is 37.0. The normalized spacial score (nSPS) is 11.2. The largest absolute Gasteiger partial charge is 0.480 e. The predicted molar refractivity (Wildman–Crippen MR) is 63.9 cm³/mol. The monoisotopic (exact) mass is 330 g/mol. The summed E-state index contributed by atoms with van der Waals surface area (Å²) >= 11 is 11.2. The lowest BCUT2D eigenvalue weighted by Crippen LogP contribution is -2.42. The Morgan fingerprint density at radius 2 is 1.90 bits per heavy atom. The van der Waals surface area contributed by atoms with E-state index in [9.17, 15) is 22.8 Å².